The molecule has 0 bridgehead atoms. The first-order chi connectivity index (χ1) is 11.8. The highest BCUT2D eigenvalue weighted by Crippen LogP contribution is 2.40. The van der Waals surface area contributed by atoms with E-state index in [0.29, 0.717) is 17.9 Å². The number of nitrogens with zero attached hydrogens (tertiary/aromatic N) is 1. The van der Waals surface area contributed by atoms with Crippen molar-refractivity contribution in [3.05, 3.63) is 33.7 Å². The smallest absolute Gasteiger partial charge is 0.261 e. The molecule has 1 fully saturated rings. The number of allylic oxidation sites excluding steroid dienone is 1. The third-order valence-electron chi connectivity index (χ3n) is 4.64. The molecule has 1 aromatic carbocycles. The Morgan fingerprint density at radius 1 is 1.08 bits per heavy atom. The molecule has 146 valence electrons. The topological polar surface area (TPSA) is 66.8 Å². The summed E-state index contributed by atoms with van der Waals surface area (Å²) in [5.74, 6) is 0.289. The Morgan fingerprint density at radius 3 is 2.00 bits per heavy atom. The van der Waals surface area contributed by atoms with Crippen LogP contribution in [0.15, 0.2) is 17.0 Å². The zero-order valence-electron chi connectivity index (χ0n) is 16.9. The summed E-state index contributed by atoms with van der Waals surface area (Å²) in [6.07, 6.45) is 2.92. The number of rotatable bonds is 2. The van der Waals surface area contributed by atoms with Crippen LogP contribution < -0.4 is 0 Å². The lowest BCUT2D eigenvalue weighted by molar-refractivity contribution is -0.0508. The van der Waals surface area contributed by atoms with Crippen molar-refractivity contribution in [2.24, 2.45) is 0 Å². The average Bonchev–Trinajstić information content (AvgIpc) is 2.48. The van der Waals surface area contributed by atoms with Gasteiger partial charge in [-0.2, -0.15) is 0 Å². The molecule has 0 unspecified atom stereocenters. The SMILES string of the molecule is CON1CCC/C(=C\c2cc(C(C)(C)C)c(O)c(C(C)(C)C)c2)S1(=O)=O. The summed E-state index contributed by atoms with van der Waals surface area (Å²) in [6.45, 7) is 12.6. The fourth-order valence-electron chi connectivity index (χ4n) is 3.17. The molecule has 6 heteroatoms. The van der Waals surface area contributed by atoms with Gasteiger partial charge in [0.25, 0.3) is 10.0 Å². The molecular formula is C20H31NO4S. The number of hydrogen-bond acceptors (Lipinski definition) is 4. The van der Waals surface area contributed by atoms with E-state index in [4.69, 9.17) is 4.84 Å². The predicted octanol–water partition coefficient (Wildman–Crippen LogP) is 4.32. The van der Waals surface area contributed by atoms with Crippen molar-refractivity contribution in [1.29, 1.82) is 0 Å². The molecule has 0 atom stereocenters. The van der Waals surface area contributed by atoms with E-state index in [1.807, 2.05) is 53.7 Å². The molecule has 1 N–H and O–H groups in total. The van der Waals surface area contributed by atoms with E-state index < -0.39 is 10.0 Å². The Bertz CT molecular complexity index is 776. The number of phenolic OH excluding ortho intramolecular Hbond substituents is 1. The molecule has 5 nitrogen and oxygen atoms in total. The zero-order valence-corrected chi connectivity index (χ0v) is 17.7. The van der Waals surface area contributed by atoms with Crippen LogP contribution in [-0.4, -0.2) is 31.6 Å². The Morgan fingerprint density at radius 2 is 1.58 bits per heavy atom. The Balaban J connectivity index is 2.67. The second-order valence-electron chi connectivity index (χ2n) is 8.89. The molecule has 1 aromatic rings. The summed E-state index contributed by atoms with van der Waals surface area (Å²) in [4.78, 5) is 5.36. The van der Waals surface area contributed by atoms with Gasteiger partial charge >= 0.3 is 0 Å². The van der Waals surface area contributed by atoms with E-state index in [1.165, 1.54) is 7.11 Å². The van der Waals surface area contributed by atoms with Crippen LogP contribution >= 0.6 is 0 Å². The highest BCUT2D eigenvalue weighted by Gasteiger charge is 2.32. The summed E-state index contributed by atoms with van der Waals surface area (Å²) in [5.41, 5.74) is 1.89. The summed E-state index contributed by atoms with van der Waals surface area (Å²) >= 11 is 0. The van der Waals surface area contributed by atoms with Gasteiger partial charge in [0.1, 0.15) is 5.75 Å². The van der Waals surface area contributed by atoms with E-state index in [1.54, 1.807) is 6.08 Å². The van der Waals surface area contributed by atoms with E-state index >= 15 is 0 Å². The maximum Gasteiger partial charge on any atom is 0.261 e. The van der Waals surface area contributed by atoms with Gasteiger partial charge in [-0.05, 0) is 47.4 Å². The summed E-state index contributed by atoms with van der Waals surface area (Å²) in [6, 6.07) is 3.78. The van der Waals surface area contributed by atoms with Crippen molar-refractivity contribution in [1.82, 2.24) is 4.47 Å². The molecule has 1 saturated heterocycles. The van der Waals surface area contributed by atoms with Gasteiger partial charge in [-0.25, -0.2) is 8.42 Å². The van der Waals surface area contributed by atoms with Crippen LogP contribution in [0, 0.1) is 0 Å². The molecule has 0 amide bonds. The molecule has 0 spiro atoms. The molecule has 0 saturated carbocycles. The Hall–Kier alpha value is -1.37. The van der Waals surface area contributed by atoms with Crippen molar-refractivity contribution >= 4 is 16.1 Å². The lowest BCUT2D eigenvalue weighted by Crippen LogP contribution is -2.35. The summed E-state index contributed by atoms with van der Waals surface area (Å²) in [7, 11) is -2.24. The second kappa shape index (κ2) is 6.98. The van der Waals surface area contributed by atoms with Crippen LogP contribution in [0.4, 0.5) is 0 Å². The highest BCUT2D eigenvalue weighted by molar-refractivity contribution is 7.93. The van der Waals surface area contributed by atoms with Crippen molar-refractivity contribution < 1.29 is 18.4 Å². The minimum atomic E-state index is -3.61. The first-order valence-corrected chi connectivity index (χ1v) is 10.4. The number of phenols is 1. The molecule has 1 aliphatic heterocycles. The highest BCUT2D eigenvalue weighted by atomic mass is 32.2. The second-order valence-corrected chi connectivity index (χ2v) is 10.8. The molecule has 26 heavy (non-hydrogen) atoms. The van der Waals surface area contributed by atoms with Crippen LogP contribution in [0.5, 0.6) is 5.75 Å². The van der Waals surface area contributed by atoms with Gasteiger partial charge in [0, 0.05) is 17.7 Å². The predicted molar refractivity (Wildman–Crippen MR) is 105 cm³/mol. The summed E-state index contributed by atoms with van der Waals surface area (Å²) in [5, 5.41) is 10.8. The Labute approximate surface area is 157 Å². The number of aromatic hydroxyl groups is 1. The van der Waals surface area contributed by atoms with Gasteiger partial charge in [0.05, 0.1) is 12.0 Å². The number of benzene rings is 1. The average molecular weight is 382 g/mol. The van der Waals surface area contributed by atoms with Gasteiger partial charge in [-0.3, -0.25) is 4.84 Å². The minimum absolute atomic E-state index is 0.261. The normalized spacial score (nSPS) is 20.5. The van der Waals surface area contributed by atoms with E-state index in [0.717, 1.165) is 27.6 Å². The molecule has 0 aliphatic carbocycles. The fraction of sp³-hybridized carbons (Fsp3) is 0.600. The Kier molecular flexibility index (Phi) is 5.62. The maximum absolute atomic E-state index is 12.7. The molecule has 0 aromatic heterocycles. The maximum atomic E-state index is 12.7. The third kappa shape index (κ3) is 4.13. The molecule has 1 heterocycles. The van der Waals surface area contributed by atoms with Crippen LogP contribution in [0.25, 0.3) is 6.08 Å². The fourth-order valence-corrected chi connectivity index (χ4v) is 4.68. The van der Waals surface area contributed by atoms with Crippen molar-refractivity contribution in [3.8, 4) is 5.75 Å². The lowest BCUT2D eigenvalue weighted by Gasteiger charge is -2.28. The van der Waals surface area contributed by atoms with E-state index in [2.05, 4.69) is 0 Å². The summed E-state index contributed by atoms with van der Waals surface area (Å²) < 4.78 is 26.4. The van der Waals surface area contributed by atoms with Crippen molar-refractivity contribution in [2.45, 2.75) is 65.2 Å². The zero-order chi connectivity index (χ0) is 19.9. The molecular weight excluding hydrogens is 350 g/mol. The number of hydrogen-bond donors (Lipinski definition) is 1. The van der Waals surface area contributed by atoms with Gasteiger partial charge < -0.3 is 5.11 Å². The largest absolute Gasteiger partial charge is 0.507 e. The monoisotopic (exact) mass is 381 g/mol. The van der Waals surface area contributed by atoms with Crippen LogP contribution in [0.2, 0.25) is 0 Å². The van der Waals surface area contributed by atoms with Gasteiger partial charge in [-0.1, -0.05) is 46.0 Å². The van der Waals surface area contributed by atoms with Gasteiger partial charge in [0.15, 0.2) is 0 Å². The number of sulfonamides is 1. The first-order valence-electron chi connectivity index (χ1n) is 8.94. The van der Waals surface area contributed by atoms with Crippen molar-refractivity contribution in [3.63, 3.8) is 0 Å². The number of hydroxylamine groups is 1. The lowest BCUT2D eigenvalue weighted by atomic mass is 9.78. The molecule has 0 radical (unpaired) electrons. The van der Waals surface area contributed by atoms with Crippen molar-refractivity contribution in [2.75, 3.05) is 13.7 Å². The molecule has 1 aliphatic rings. The standard InChI is InChI=1S/C20H31NO4S/c1-19(2,3)16-12-14(13-17(18(16)22)20(4,5)6)11-15-9-8-10-21(25-7)26(15,23)24/h11-13,22H,8-10H2,1-7H3/b15-11+. The van der Waals surface area contributed by atoms with E-state index in [9.17, 15) is 13.5 Å². The minimum Gasteiger partial charge on any atom is -0.507 e. The van der Waals surface area contributed by atoms with Crippen LogP contribution in [0.1, 0.15) is 71.1 Å². The van der Waals surface area contributed by atoms with Gasteiger partial charge in [0.2, 0.25) is 0 Å². The quantitative estimate of drug-likeness (QED) is 0.829. The third-order valence-corrected chi connectivity index (χ3v) is 6.50. The van der Waals surface area contributed by atoms with Crippen LogP contribution in [0.3, 0.4) is 0 Å². The van der Waals surface area contributed by atoms with Crippen LogP contribution in [-0.2, 0) is 25.7 Å². The van der Waals surface area contributed by atoms with Gasteiger partial charge in [-0.15, -0.1) is 0 Å². The first kappa shape index (κ1) is 20.9. The molecule has 2 rings (SSSR count). The van der Waals surface area contributed by atoms with E-state index in [-0.39, 0.29) is 16.6 Å².